The maximum atomic E-state index is 13.1. The monoisotopic (exact) mass is 333 g/mol. The van der Waals surface area contributed by atoms with Gasteiger partial charge in [-0.05, 0) is 67.0 Å². The molecular weight excluding hydrogens is 320 g/mol. The highest BCUT2D eigenvalue weighted by atomic mass is 127. The van der Waals surface area contributed by atoms with Crippen molar-refractivity contribution in [2.24, 2.45) is 0 Å². The molecule has 86 valence electrons. The van der Waals surface area contributed by atoms with Crippen LogP contribution in [0.4, 0.5) is 4.39 Å². The standard InChI is InChI=1S/C12H13FINO/c1-12(5-2-6-12)15-11(16)9-7-8(13)3-4-10(9)14/h3-4,7H,2,5-6H2,1H3,(H,15,16). The van der Waals surface area contributed by atoms with Crippen molar-refractivity contribution in [3.8, 4) is 0 Å². The largest absolute Gasteiger partial charge is 0.347 e. The highest BCUT2D eigenvalue weighted by Crippen LogP contribution is 2.31. The molecule has 1 fully saturated rings. The van der Waals surface area contributed by atoms with Gasteiger partial charge in [-0.15, -0.1) is 0 Å². The molecule has 16 heavy (non-hydrogen) atoms. The molecule has 0 atom stereocenters. The smallest absolute Gasteiger partial charge is 0.252 e. The van der Waals surface area contributed by atoms with Crippen LogP contribution in [0.3, 0.4) is 0 Å². The van der Waals surface area contributed by atoms with Gasteiger partial charge in [-0.1, -0.05) is 0 Å². The molecule has 1 aliphatic rings. The molecule has 0 radical (unpaired) electrons. The van der Waals surface area contributed by atoms with Crippen molar-refractivity contribution in [3.05, 3.63) is 33.1 Å². The molecular formula is C12H13FINO. The molecule has 0 unspecified atom stereocenters. The summed E-state index contributed by atoms with van der Waals surface area (Å²) in [5.74, 6) is -0.546. The number of halogens is 2. The minimum atomic E-state index is -0.371. The van der Waals surface area contributed by atoms with Gasteiger partial charge in [-0.2, -0.15) is 0 Å². The first-order valence-electron chi connectivity index (χ1n) is 5.28. The second kappa shape index (κ2) is 4.31. The highest BCUT2D eigenvalue weighted by molar-refractivity contribution is 14.1. The molecule has 2 rings (SSSR count). The SMILES string of the molecule is CC1(NC(=O)c2cc(F)ccc2I)CCC1. The van der Waals surface area contributed by atoms with Crippen LogP contribution in [0.5, 0.6) is 0 Å². The van der Waals surface area contributed by atoms with Crippen LogP contribution in [0, 0.1) is 9.39 Å². The van der Waals surface area contributed by atoms with Gasteiger partial charge in [0.25, 0.3) is 5.91 Å². The summed E-state index contributed by atoms with van der Waals surface area (Å²) in [6.07, 6.45) is 3.16. The Kier molecular flexibility index (Phi) is 3.19. The molecule has 4 heteroatoms. The summed E-state index contributed by atoms with van der Waals surface area (Å²) in [6.45, 7) is 2.03. The molecule has 1 aromatic carbocycles. The van der Waals surface area contributed by atoms with E-state index in [1.807, 2.05) is 29.5 Å². The predicted octanol–water partition coefficient (Wildman–Crippen LogP) is 3.10. The Hall–Kier alpha value is -0.650. The van der Waals surface area contributed by atoms with Gasteiger partial charge in [0.05, 0.1) is 5.56 Å². The molecule has 2 nitrogen and oxygen atoms in total. The van der Waals surface area contributed by atoms with E-state index in [0.717, 1.165) is 22.8 Å². The molecule has 0 aliphatic heterocycles. The molecule has 1 amide bonds. The number of amides is 1. The van der Waals surface area contributed by atoms with Crippen LogP contribution in [0.25, 0.3) is 0 Å². The van der Waals surface area contributed by atoms with E-state index in [4.69, 9.17) is 0 Å². The number of carbonyl (C=O) groups excluding carboxylic acids is 1. The lowest BCUT2D eigenvalue weighted by atomic mass is 9.78. The van der Waals surface area contributed by atoms with Crippen molar-refractivity contribution < 1.29 is 9.18 Å². The molecule has 1 aromatic rings. The Labute approximate surface area is 108 Å². The van der Waals surface area contributed by atoms with Crippen LogP contribution in [0.2, 0.25) is 0 Å². The van der Waals surface area contributed by atoms with E-state index in [9.17, 15) is 9.18 Å². The molecule has 0 bridgehead atoms. The lowest BCUT2D eigenvalue weighted by Crippen LogP contribution is -2.51. The van der Waals surface area contributed by atoms with Crippen molar-refractivity contribution in [1.29, 1.82) is 0 Å². The zero-order chi connectivity index (χ0) is 11.8. The quantitative estimate of drug-likeness (QED) is 0.828. The third kappa shape index (κ3) is 2.36. The van der Waals surface area contributed by atoms with E-state index < -0.39 is 0 Å². The van der Waals surface area contributed by atoms with Gasteiger partial charge < -0.3 is 5.32 Å². The Morgan fingerprint density at radius 2 is 2.19 bits per heavy atom. The predicted molar refractivity (Wildman–Crippen MR) is 68.8 cm³/mol. The van der Waals surface area contributed by atoms with E-state index in [1.54, 1.807) is 6.07 Å². The summed E-state index contributed by atoms with van der Waals surface area (Å²) in [7, 11) is 0. The van der Waals surface area contributed by atoms with Crippen LogP contribution in [-0.2, 0) is 0 Å². The van der Waals surface area contributed by atoms with Crippen molar-refractivity contribution in [3.63, 3.8) is 0 Å². The van der Waals surface area contributed by atoms with Crippen molar-refractivity contribution in [2.45, 2.75) is 31.7 Å². The number of benzene rings is 1. The second-order valence-electron chi connectivity index (χ2n) is 4.49. The lowest BCUT2D eigenvalue weighted by Gasteiger charge is -2.39. The van der Waals surface area contributed by atoms with Crippen LogP contribution < -0.4 is 5.32 Å². The first-order valence-corrected chi connectivity index (χ1v) is 6.36. The molecule has 1 aliphatic carbocycles. The second-order valence-corrected chi connectivity index (χ2v) is 5.65. The van der Waals surface area contributed by atoms with Gasteiger partial charge >= 0.3 is 0 Å². The maximum absolute atomic E-state index is 13.1. The maximum Gasteiger partial charge on any atom is 0.252 e. The van der Waals surface area contributed by atoms with Crippen LogP contribution in [0.15, 0.2) is 18.2 Å². The Bertz CT molecular complexity index is 429. The molecule has 0 aromatic heterocycles. The molecule has 0 heterocycles. The van der Waals surface area contributed by atoms with Gasteiger partial charge in [0, 0.05) is 9.11 Å². The first-order chi connectivity index (χ1) is 7.50. The molecule has 1 N–H and O–H groups in total. The van der Waals surface area contributed by atoms with E-state index in [1.165, 1.54) is 12.1 Å². The van der Waals surface area contributed by atoms with E-state index >= 15 is 0 Å². The normalized spacial score (nSPS) is 17.7. The van der Waals surface area contributed by atoms with Crippen LogP contribution >= 0.6 is 22.6 Å². The Balaban J connectivity index is 2.17. The van der Waals surface area contributed by atoms with Crippen LogP contribution in [0.1, 0.15) is 36.5 Å². The number of hydrogen-bond acceptors (Lipinski definition) is 1. The summed E-state index contributed by atoms with van der Waals surface area (Å²) in [4.78, 5) is 11.9. The van der Waals surface area contributed by atoms with Gasteiger partial charge in [0.15, 0.2) is 0 Å². The molecule has 0 spiro atoms. The van der Waals surface area contributed by atoms with E-state index in [2.05, 4.69) is 5.32 Å². The highest BCUT2D eigenvalue weighted by Gasteiger charge is 2.33. The van der Waals surface area contributed by atoms with Crippen molar-refractivity contribution >= 4 is 28.5 Å². The van der Waals surface area contributed by atoms with Crippen molar-refractivity contribution in [1.82, 2.24) is 5.32 Å². The fourth-order valence-electron chi connectivity index (χ4n) is 1.85. The summed E-state index contributed by atoms with van der Waals surface area (Å²) in [5.41, 5.74) is 0.334. The van der Waals surface area contributed by atoms with Crippen LogP contribution in [-0.4, -0.2) is 11.4 Å². The fourth-order valence-corrected chi connectivity index (χ4v) is 2.43. The summed E-state index contributed by atoms with van der Waals surface area (Å²) in [5, 5.41) is 2.97. The Morgan fingerprint density at radius 1 is 1.50 bits per heavy atom. The van der Waals surface area contributed by atoms with Gasteiger partial charge in [0.1, 0.15) is 5.82 Å². The minimum Gasteiger partial charge on any atom is -0.347 e. The zero-order valence-corrected chi connectivity index (χ0v) is 11.2. The Morgan fingerprint density at radius 3 is 2.75 bits per heavy atom. The topological polar surface area (TPSA) is 29.1 Å². The zero-order valence-electron chi connectivity index (χ0n) is 9.02. The van der Waals surface area contributed by atoms with Gasteiger partial charge in [0.2, 0.25) is 0 Å². The number of nitrogens with one attached hydrogen (secondary N) is 1. The molecule has 0 saturated heterocycles. The van der Waals surface area contributed by atoms with Gasteiger partial charge in [-0.3, -0.25) is 4.79 Å². The first kappa shape index (κ1) is 11.8. The van der Waals surface area contributed by atoms with Crippen molar-refractivity contribution in [2.75, 3.05) is 0 Å². The molecule has 1 saturated carbocycles. The number of carbonyl (C=O) groups is 1. The van der Waals surface area contributed by atoms with E-state index in [0.29, 0.717) is 5.56 Å². The summed E-state index contributed by atoms with van der Waals surface area (Å²) >= 11 is 2.05. The minimum absolute atomic E-state index is 0.0908. The average Bonchev–Trinajstić information content (AvgIpc) is 2.19. The van der Waals surface area contributed by atoms with E-state index in [-0.39, 0.29) is 17.3 Å². The number of rotatable bonds is 2. The summed E-state index contributed by atoms with van der Waals surface area (Å²) < 4.78 is 13.8. The third-order valence-corrected chi connectivity index (χ3v) is 3.99. The average molecular weight is 333 g/mol. The summed E-state index contributed by atoms with van der Waals surface area (Å²) in [6, 6.07) is 4.27. The third-order valence-electron chi connectivity index (χ3n) is 3.05. The number of hydrogen-bond donors (Lipinski definition) is 1. The fraction of sp³-hybridized carbons (Fsp3) is 0.417. The van der Waals surface area contributed by atoms with Gasteiger partial charge in [-0.25, -0.2) is 4.39 Å². The lowest BCUT2D eigenvalue weighted by molar-refractivity contribution is 0.0849.